The van der Waals surface area contributed by atoms with E-state index in [4.69, 9.17) is 0 Å². The minimum absolute atomic E-state index is 0.171. The standard InChI is InChI=1S/C12H14N2O5S/c1-3-7-20(18,19)9(2)12(15)13-10-5-4-6-11(8-10)14(16)17/h3-6,8-9H,1,7H2,2H3,(H,13,15). The largest absolute Gasteiger partial charge is 0.325 e. The molecule has 1 aromatic rings. The van der Waals surface area contributed by atoms with Gasteiger partial charge in [-0.2, -0.15) is 0 Å². The number of nitrogens with one attached hydrogen (secondary N) is 1. The van der Waals surface area contributed by atoms with Crippen molar-refractivity contribution in [3.05, 3.63) is 47.0 Å². The van der Waals surface area contributed by atoms with Gasteiger partial charge in [-0.25, -0.2) is 8.42 Å². The van der Waals surface area contributed by atoms with E-state index in [0.29, 0.717) is 0 Å². The van der Waals surface area contributed by atoms with Gasteiger partial charge in [-0.1, -0.05) is 12.1 Å². The van der Waals surface area contributed by atoms with Gasteiger partial charge in [0, 0.05) is 17.8 Å². The van der Waals surface area contributed by atoms with Gasteiger partial charge in [-0.05, 0) is 13.0 Å². The van der Waals surface area contributed by atoms with E-state index < -0.39 is 25.9 Å². The maximum absolute atomic E-state index is 11.8. The number of non-ortho nitro benzene ring substituents is 1. The Kier molecular flexibility index (Phi) is 4.98. The Balaban J connectivity index is 2.88. The van der Waals surface area contributed by atoms with Gasteiger partial charge in [0.15, 0.2) is 9.84 Å². The fraction of sp³-hybridized carbons (Fsp3) is 0.250. The van der Waals surface area contributed by atoms with Crippen LogP contribution in [0.5, 0.6) is 0 Å². The molecule has 1 aromatic carbocycles. The number of nitrogens with zero attached hydrogens (tertiary/aromatic N) is 1. The lowest BCUT2D eigenvalue weighted by Crippen LogP contribution is -2.33. The molecule has 0 aliphatic carbocycles. The molecule has 108 valence electrons. The Labute approximate surface area is 116 Å². The predicted octanol–water partition coefficient (Wildman–Crippen LogP) is 1.52. The highest BCUT2D eigenvalue weighted by Gasteiger charge is 2.26. The summed E-state index contributed by atoms with van der Waals surface area (Å²) in [6.07, 6.45) is 1.20. The van der Waals surface area contributed by atoms with Gasteiger partial charge < -0.3 is 5.32 Å². The van der Waals surface area contributed by atoms with Gasteiger partial charge in [-0.15, -0.1) is 6.58 Å². The van der Waals surface area contributed by atoms with Crippen LogP contribution in [-0.2, 0) is 14.6 Å². The summed E-state index contributed by atoms with van der Waals surface area (Å²) in [5.41, 5.74) is -0.0192. The van der Waals surface area contributed by atoms with Crippen LogP contribution in [0, 0.1) is 10.1 Å². The van der Waals surface area contributed by atoms with E-state index in [-0.39, 0.29) is 17.1 Å². The molecule has 7 nitrogen and oxygen atoms in total. The Morgan fingerprint density at radius 2 is 2.20 bits per heavy atom. The van der Waals surface area contributed by atoms with Crippen LogP contribution in [-0.4, -0.2) is 30.3 Å². The van der Waals surface area contributed by atoms with E-state index in [1.807, 2.05) is 0 Å². The molecule has 0 radical (unpaired) electrons. The number of rotatable bonds is 6. The quantitative estimate of drug-likeness (QED) is 0.487. The third kappa shape index (κ3) is 3.89. The van der Waals surface area contributed by atoms with Crippen LogP contribution in [0.25, 0.3) is 0 Å². The van der Waals surface area contributed by atoms with Crippen LogP contribution < -0.4 is 5.32 Å². The van der Waals surface area contributed by atoms with Crippen LogP contribution >= 0.6 is 0 Å². The number of anilines is 1. The normalized spacial score (nSPS) is 12.4. The Morgan fingerprint density at radius 3 is 2.75 bits per heavy atom. The first-order valence-electron chi connectivity index (χ1n) is 5.65. The molecule has 1 atom stereocenters. The van der Waals surface area contributed by atoms with Crippen LogP contribution in [0.1, 0.15) is 6.92 Å². The molecular formula is C12H14N2O5S. The molecule has 0 fully saturated rings. The molecule has 1 N–H and O–H groups in total. The van der Waals surface area contributed by atoms with Crippen LogP contribution in [0.2, 0.25) is 0 Å². The highest BCUT2D eigenvalue weighted by molar-refractivity contribution is 7.92. The summed E-state index contributed by atoms with van der Waals surface area (Å²) in [4.78, 5) is 21.8. The lowest BCUT2D eigenvalue weighted by Gasteiger charge is -2.12. The molecule has 0 aliphatic rings. The second-order valence-corrected chi connectivity index (χ2v) is 6.42. The molecule has 0 bridgehead atoms. The number of benzene rings is 1. The van der Waals surface area contributed by atoms with Crippen molar-refractivity contribution in [1.29, 1.82) is 0 Å². The van der Waals surface area contributed by atoms with Crippen molar-refractivity contribution < 1.29 is 18.1 Å². The molecule has 0 saturated heterocycles. The zero-order chi connectivity index (χ0) is 15.3. The van der Waals surface area contributed by atoms with Crippen LogP contribution in [0.3, 0.4) is 0 Å². The average Bonchev–Trinajstić information content (AvgIpc) is 2.38. The Bertz CT molecular complexity index is 639. The molecule has 0 heterocycles. The lowest BCUT2D eigenvalue weighted by atomic mass is 10.2. The van der Waals surface area contributed by atoms with E-state index >= 15 is 0 Å². The minimum atomic E-state index is -3.62. The summed E-state index contributed by atoms with van der Waals surface area (Å²) in [5, 5.41) is 11.7. The van der Waals surface area contributed by atoms with E-state index in [1.54, 1.807) is 0 Å². The molecule has 8 heteroatoms. The zero-order valence-corrected chi connectivity index (χ0v) is 11.6. The lowest BCUT2D eigenvalue weighted by molar-refractivity contribution is -0.384. The molecule has 0 saturated carbocycles. The summed E-state index contributed by atoms with van der Waals surface area (Å²) in [6.45, 7) is 4.57. The smallest absolute Gasteiger partial charge is 0.271 e. The SMILES string of the molecule is C=CCS(=O)(=O)C(C)C(=O)Nc1cccc([N+](=O)[O-])c1. The van der Waals surface area contributed by atoms with Gasteiger partial charge in [0.25, 0.3) is 5.69 Å². The maximum Gasteiger partial charge on any atom is 0.271 e. The number of nitro groups is 1. The van der Waals surface area contributed by atoms with Gasteiger partial charge >= 0.3 is 0 Å². The van der Waals surface area contributed by atoms with Gasteiger partial charge in [-0.3, -0.25) is 14.9 Å². The third-order valence-corrected chi connectivity index (χ3v) is 4.57. The molecule has 0 spiro atoms. The van der Waals surface area contributed by atoms with Crippen molar-refractivity contribution in [2.24, 2.45) is 0 Å². The van der Waals surface area contributed by atoms with Gasteiger partial charge in [0.2, 0.25) is 5.91 Å². The van der Waals surface area contributed by atoms with Crippen molar-refractivity contribution in [3.8, 4) is 0 Å². The topological polar surface area (TPSA) is 106 Å². The number of carbonyl (C=O) groups excluding carboxylic acids is 1. The monoisotopic (exact) mass is 298 g/mol. The second kappa shape index (κ2) is 6.29. The van der Waals surface area contributed by atoms with E-state index in [0.717, 1.165) is 6.07 Å². The minimum Gasteiger partial charge on any atom is -0.325 e. The average molecular weight is 298 g/mol. The van der Waals surface area contributed by atoms with Gasteiger partial charge in [0.05, 0.1) is 10.7 Å². The second-order valence-electron chi connectivity index (χ2n) is 4.06. The van der Waals surface area contributed by atoms with Gasteiger partial charge in [0.1, 0.15) is 5.25 Å². The molecule has 0 aliphatic heterocycles. The van der Waals surface area contributed by atoms with Crippen molar-refractivity contribution in [2.75, 3.05) is 11.1 Å². The molecule has 1 rings (SSSR count). The number of sulfone groups is 1. The molecule has 1 unspecified atom stereocenters. The van der Waals surface area contributed by atoms with Crippen molar-refractivity contribution in [1.82, 2.24) is 0 Å². The number of hydrogen-bond acceptors (Lipinski definition) is 5. The Hall–Kier alpha value is -2.22. The summed E-state index contributed by atoms with van der Waals surface area (Å²) in [7, 11) is -3.62. The summed E-state index contributed by atoms with van der Waals surface area (Å²) >= 11 is 0. The van der Waals surface area contributed by atoms with E-state index in [1.165, 1.54) is 31.2 Å². The highest BCUT2D eigenvalue weighted by Crippen LogP contribution is 2.17. The van der Waals surface area contributed by atoms with Crippen LogP contribution in [0.15, 0.2) is 36.9 Å². The fourth-order valence-corrected chi connectivity index (χ4v) is 2.42. The first-order chi connectivity index (χ1) is 9.27. The number of hydrogen-bond donors (Lipinski definition) is 1. The fourth-order valence-electron chi connectivity index (χ4n) is 1.41. The predicted molar refractivity (Wildman–Crippen MR) is 75.2 cm³/mol. The van der Waals surface area contributed by atoms with E-state index in [2.05, 4.69) is 11.9 Å². The molecule has 1 amide bonds. The van der Waals surface area contributed by atoms with Crippen molar-refractivity contribution in [3.63, 3.8) is 0 Å². The third-order valence-electron chi connectivity index (χ3n) is 2.58. The first-order valence-corrected chi connectivity index (χ1v) is 7.37. The summed E-state index contributed by atoms with van der Waals surface area (Å²) in [6, 6.07) is 5.27. The van der Waals surface area contributed by atoms with Crippen molar-refractivity contribution in [2.45, 2.75) is 12.2 Å². The zero-order valence-electron chi connectivity index (χ0n) is 10.8. The number of amides is 1. The molecule has 20 heavy (non-hydrogen) atoms. The van der Waals surface area contributed by atoms with Crippen LogP contribution in [0.4, 0.5) is 11.4 Å². The first kappa shape index (κ1) is 15.8. The molecule has 0 aromatic heterocycles. The van der Waals surface area contributed by atoms with Crippen molar-refractivity contribution >= 4 is 27.1 Å². The summed E-state index contributed by atoms with van der Waals surface area (Å²) in [5.74, 6) is -1.05. The Morgan fingerprint density at radius 1 is 1.55 bits per heavy atom. The van der Waals surface area contributed by atoms with E-state index in [9.17, 15) is 23.3 Å². The molecular weight excluding hydrogens is 284 g/mol. The maximum atomic E-state index is 11.8. The highest BCUT2D eigenvalue weighted by atomic mass is 32.2. The summed E-state index contributed by atoms with van der Waals surface area (Å²) < 4.78 is 23.4. The number of nitro benzene ring substituents is 1. The number of carbonyl (C=O) groups is 1.